The Morgan fingerprint density at radius 3 is 1.54 bits per heavy atom. The minimum atomic E-state index is -4.02. The first-order valence-corrected chi connectivity index (χ1v) is 11.4. The first kappa shape index (κ1) is 24.1. The minimum absolute atomic E-state index is 0.215. The molecule has 0 aromatic heterocycles. The highest BCUT2D eigenvalue weighted by Gasteiger charge is 2.21. The number of phosphoric ester groups is 1. The SMILES string of the molecule is CCCCCCCCCCCCCCCCOP(=O)(O)OOCC. The van der Waals surface area contributed by atoms with Crippen LogP contribution in [0.5, 0.6) is 0 Å². The second-order valence-electron chi connectivity index (χ2n) is 6.38. The van der Waals surface area contributed by atoms with Crippen molar-refractivity contribution in [1.29, 1.82) is 0 Å². The molecule has 0 bridgehead atoms. The molecule has 0 aromatic rings. The van der Waals surface area contributed by atoms with Gasteiger partial charge < -0.3 is 4.89 Å². The van der Waals surface area contributed by atoms with Crippen molar-refractivity contribution in [2.45, 2.75) is 104 Å². The Kier molecular flexibility index (Phi) is 17.9. The summed E-state index contributed by atoms with van der Waals surface area (Å²) in [6, 6.07) is 0. The standard InChI is InChI=1S/C18H39O5P/c1-3-5-6-7-8-9-10-11-12-13-14-15-16-17-18-22-24(19,20)23-21-4-2/h3-18H2,1-2H3,(H,19,20). The first-order valence-electron chi connectivity index (χ1n) is 9.91. The van der Waals surface area contributed by atoms with Gasteiger partial charge in [-0.3, -0.25) is 4.52 Å². The maximum Gasteiger partial charge on any atom is 0.499 e. The van der Waals surface area contributed by atoms with Crippen molar-refractivity contribution < 1.29 is 23.5 Å². The van der Waals surface area contributed by atoms with Crippen LogP contribution >= 0.6 is 7.82 Å². The molecular formula is C18H39O5P. The lowest BCUT2D eigenvalue weighted by Gasteiger charge is -2.10. The van der Waals surface area contributed by atoms with Crippen LogP contribution in [-0.4, -0.2) is 18.1 Å². The summed E-state index contributed by atoms with van der Waals surface area (Å²) in [6.07, 6.45) is 17.9. The highest BCUT2D eigenvalue weighted by atomic mass is 31.2. The van der Waals surface area contributed by atoms with Crippen molar-refractivity contribution in [2.24, 2.45) is 0 Å². The molecule has 1 atom stereocenters. The van der Waals surface area contributed by atoms with E-state index in [-0.39, 0.29) is 13.2 Å². The second kappa shape index (κ2) is 17.9. The van der Waals surface area contributed by atoms with Crippen molar-refractivity contribution in [3.63, 3.8) is 0 Å². The van der Waals surface area contributed by atoms with Crippen molar-refractivity contribution in [3.8, 4) is 0 Å². The van der Waals surface area contributed by atoms with Crippen LogP contribution in [-0.2, 0) is 18.7 Å². The lowest BCUT2D eigenvalue weighted by molar-refractivity contribution is -0.220. The number of rotatable bonds is 19. The lowest BCUT2D eigenvalue weighted by atomic mass is 10.0. The third-order valence-corrected chi connectivity index (χ3v) is 4.82. The molecule has 6 heteroatoms. The smallest absolute Gasteiger partial charge is 0.301 e. The summed E-state index contributed by atoms with van der Waals surface area (Å²) in [5.74, 6) is 0. The fourth-order valence-electron chi connectivity index (χ4n) is 2.62. The second-order valence-corrected chi connectivity index (χ2v) is 7.72. The maximum atomic E-state index is 11.3. The number of phosphoric acid groups is 1. The molecule has 0 heterocycles. The molecule has 0 amide bonds. The number of unbranched alkanes of at least 4 members (excludes halogenated alkanes) is 13. The fourth-order valence-corrected chi connectivity index (χ4v) is 3.26. The van der Waals surface area contributed by atoms with E-state index in [0.29, 0.717) is 0 Å². The third-order valence-electron chi connectivity index (χ3n) is 4.02. The van der Waals surface area contributed by atoms with Gasteiger partial charge in [-0.05, 0) is 13.3 Å². The molecule has 146 valence electrons. The van der Waals surface area contributed by atoms with Gasteiger partial charge in [-0.1, -0.05) is 90.4 Å². The summed E-state index contributed by atoms with van der Waals surface area (Å²) in [5, 5.41) is 0. The summed E-state index contributed by atoms with van der Waals surface area (Å²) < 4.78 is 20.4. The van der Waals surface area contributed by atoms with Crippen molar-refractivity contribution in [1.82, 2.24) is 0 Å². The maximum absolute atomic E-state index is 11.3. The molecule has 0 aliphatic heterocycles. The molecule has 0 aliphatic rings. The fraction of sp³-hybridized carbons (Fsp3) is 1.00. The van der Waals surface area contributed by atoms with E-state index < -0.39 is 7.82 Å². The van der Waals surface area contributed by atoms with Gasteiger partial charge >= 0.3 is 7.82 Å². The topological polar surface area (TPSA) is 65.0 Å². The van der Waals surface area contributed by atoms with Gasteiger partial charge in [0.05, 0.1) is 13.2 Å². The molecule has 1 unspecified atom stereocenters. The predicted molar refractivity (Wildman–Crippen MR) is 98.8 cm³/mol. The Morgan fingerprint density at radius 1 is 0.708 bits per heavy atom. The number of hydrogen-bond acceptors (Lipinski definition) is 4. The summed E-state index contributed by atoms with van der Waals surface area (Å²) in [7, 11) is -4.02. The molecule has 0 rings (SSSR count). The lowest BCUT2D eigenvalue weighted by Crippen LogP contribution is -1.98. The van der Waals surface area contributed by atoms with Gasteiger partial charge in [0, 0.05) is 0 Å². The molecular weight excluding hydrogens is 327 g/mol. The van der Waals surface area contributed by atoms with Gasteiger partial charge in [0.15, 0.2) is 0 Å². The highest BCUT2D eigenvalue weighted by molar-refractivity contribution is 7.47. The van der Waals surface area contributed by atoms with E-state index in [1.54, 1.807) is 6.92 Å². The highest BCUT2D eigenvalue weighted by Crippen LogP contribution is 2.43. The largest absolute Gasteiger partial charge is 0.499 e. The Bertz CT molecular complexity index is 299. The van der Waals surface area contributed by atoms with E-state index in [1.807, 2.05) is 0 Å². The van der Waals surface area contributed by atoms with Gasteiger partial charge in [-0.2, -0.15) is 0 Å². The summed E-state index contributed by atoms with van der Waals surface area (Å²) >= 11 is 0. The monoisotopic (exact) mass is 366 g/mol. The average Bonchev–Trinajstić information content (AvgIpc) is 2.56. The van der Waals surface area contributed by atoms with Gasteiger partial charge in [0.1, 0.15) is 0 Å². The molecule has 0 spiro atoms. The third kappa shape index (κ3) is 18.4. The molecule has 0 aromatic carbocycles. The van der Waals surface area contributed by atoms with Crippen LogP contribution in [0.25, 0.3) is 0 Å². The van der Waals surface area contributed by atoms with Crippen LogP contribution in [0.1, 0.15) is 104 Å². The minimum Gasteiger partial charge on any atom is -0.301 e. The van der Waals surface area contributed by atoms with E-state index in [2.05, 4.69) is 16.5 Å². The van der Waals surface area contributed by atoms with Crippen LogP contribution in [0, 0.1) is 0 Å². The van der Waals surface area contributed by atoms with Gasteiger partial charge in [0.25, 0.3) is 0 Å². The summed E-state index contributed by atoms with van der Waals surface area (Å²) in [4.78, 5) is 13.7. The zero-order valence-electron chi connectivity index (χ0n) is 15.8. The molecule has 5 nitrogen and oxygen atoms in total. The van der Waals surface area contributed by atoms with E-state index in [4.69, 9.17) is 4.52 Å². The van der Waals surface area contributed by atoms with Crippen molar-refractivity contribution >= 4 is 7.82 Å². The molecule has 0 fully saturated rings. The van der Waals surface area contributed by atoms with E-state index in [1.165, 1.54) is 70.6 Å². The zero-order valence-corrected chi connectivity index (χ0v) is 16.7. The van der Waals surface area contributed by atoms with Gasteiger partial charge in [-0.25, -0.2) is 9.45 Å². The molecule has 0 saturated carbocycles. The normalized spacial score (nSPS) is 14.0. The van der Waals surface area contributed by atoms with Crippen LogP contribution < -0.4 is 0 Å². The predicted octanol–water partition coefficient (Wildman–Crippen LogP) is 6.55. The number of hydrogen-bond donors (Lipinski definition) is 1. The van der Waals surface area contributed by atoms with Crippen LogP contribution in [0.2, 0.25) is 0 Å². The van der Waals surface area contributed by atoms with Crippen molar-refractivity contribution in [2.75, 3.05) is 13.2 Å². The average molecular weight is 366 g/mol. The molecule has 0 saturated heterocycles. The van der Waals surface area contributed by atoms with Crippen LogP contribution in [0.3, 0.4) is 0 Å². The molecule has 0 aliphatic carbocycles. The summed E-state index contributed by atoms with van der Waals surface area (Å²) in [6.45, 7) is 4.38. The molecule has 24 heavy (non-hydrogen) atoms. The van der Waals surface area contributed by atoms with E-state index in [0.717, 1.165) is 19.3 Å². The van der Waals surface area contributed by atoms with Crippen LogP contribution in [0.4, 0.5) is 0 Å². The van der Waals surface area contributed by atoms with E-state index >= 15 is 0 Å². The Hall–Kier alpha value is 0.0700. The Labute approximate surface area is 149 Å². The van der Waals surface area contributed by atoms with Crippen LogP contribution in [0.15, 0.2) is 0 Å². The zero-order chi connectivity index (χ0) is 17.9. The van der Waals surface area contributed by atoms with E-state index in [9.17, 15) is 9.46 Å². The Balaban J connectivity index is 3.16. The van der Waals surface area contributed by atoms with Gasteiger partial charge in [0.2, 0.25) is 0 Å². The summed E-state index contributed by atoms with van der Waals surface area (Å²) in [5.41, 5.74) is 0. The Morgan fingerprint density at radius 2 is 1.12 bits per heavy atom. The van der Waals surface area contributed by atoms with Crippen molar-refractivity contribution in [3.05, 3.63) is 0 Å². The quantitative estimate of drug-likeness (QED) is 0.121. The first-order chi connectivity index (χ1) is 11.6. The molecule has 0 radical (unpaired) electrons. The molecule has 1 N–H and O–H groups in total. The van der Waals surface area contributed by atoms with Gasteiger partial charge in [-0.15, -0.1) is 4.67 Å².